The van der Waals surface area contributed by atoms with Gasteiger partial charge in [-0.2, -0.15) is 0 Å². The summed E-state index contributed by atoms with van der Waals surface area (Å²) in [6, 6.07) is 0. The minimum absolute atomic E-state index is 0.0567. The van der Waals surface area contributed by atoms with E-state index in [2.05, 4.69) is 13.8 Å². The van der Waals surface area contributed by atoms with Crippen LogP contribution in [0.25, 0.3) is 0 Å². The van der Waals surface area contributed by atoms with Gasteiger partial charge >= 0.3 is 11.9 Å². The Kier molecular flexibility index (Phi) is 40.4. The number of aliphatic hydroxyl groups is 1. The van der Waals surface area contributed by atoms with E-state index in [9.17, 15) is 14.7 Å². The number of esters is 2. The molecular weight excluding hydrogens is 608 g/mol. The van der Waals surface area contributed by atoms with Crippen LogP contribution >= 0.6 is 0 Å². The second kappa shape index (κ2) is 41.3. The molecule has 0 aliphatic rings. The van der Waals surface area contributed by atoms with Crippen LogP contribution in [0.2, 0.25) is 0 Å². The van der Waals surface area contributed by atoms with Gasteiger partial charge in [-0.25, -0.2) is 0 Å². The number of ether oxygens (including phenoxy) is 2. The Labute approximate surface area is 306 Å². The van der Waals surface area contributed by atoms with Crippen LogP contribution in [0.15, 0.2) is 0 Å². The topological polar surface area (TPSA) is 72.8 Å². The molecule has 0 bridgehead atoms. The Morgan fingerprint density at radius 3 is 0.898 bits per heavy atom. The van der Waals surface area contributed by atoms with Crippen LogP contribution in [-0.2, 0) is 19.1 Å². The summed E-state index contributed by atoms with van der Waals surface area (Å²) >= 11 is 0. The zero-order valence-corrected chi connectivity index (χ0v) is 33.2. The van der Waals surface area contributed by atoms with Crippen molar-refractivity contribution in [3.63, 3.8) is 0 Å². The third-order valence-electron chi connectivity index (χ3n) is 10.2. The molecule has 49 heavy (non-hydrogen) atoms. The summed E-state index contributed by atoms with van der Waals surface area (Å²) < 4.78 is 10.6. The summed E-state index contributed by atoms with van der Waals surface area (Å²) in [7, 11) is 0. The first kappa shape index (κ1) is 47.9. The van der Waals surface area contributed by atoms with E-state index < -0.39 is 6.10 Å². The number of hydrogen-bond donors (Lipinski definition) is 1. The molecule has 292 valence electrons. The molecule has 1 atom stereocenters. The normalized spacial score (nSPS) is 12.0. The maximum absolute atomic E-state index is 12.1. The Morgan fingerprint density at radius 2 is 0.633 bits per heavy atom. The molecule has 0 unspecified atom stereocenters. The van der Waals surface area contributed by atoms with Crippen LogP contribution in [0.4, 0.5) is 0 Å². The molecule has 0 heterocycles. The monoisotopic (exact) mass is 695 g/mol. The fourth-order valence-electron chi connectivity index (χ4n) is 6.79. The Hall–Kier alpha value is -1.10. The molecule has 0 aliphatic heterocycles. The molecule has 0 aromatic carbocycles. The summed E-state index contributed by atoms with van der Waals surface area (Å²) in [5.74, 6) is -0.573. The van der Waals surface area contributed by atoms with Gasteiger partial charge in [0.2, 0.25) is 0 Å². The van der Waals surface area contributed by atoms with Gasteiger partial charge < -0.3 is 14.6 Å². The van der Waals surface area contributed by atoms with Crippen LogP contribution < -0.4 is 0 Å². The van der Waals surface area contributed by atoms with E-state index >= 15 is 0 Å². The van der Waals surface area contributed by atoms with E-state index in [0.29, 0.717) is 12.8 Å². The molecule has 0 saturated heterocycles. The highest BCUT2D eigenvalue weighted by atomic mass is 16.6. The summed E-state index contributed by atoms with van der Waals surface area (Å²) in [4.78, 5) is 24.3. The fraction of sp³-hybridized carbons (Fsp3) is 0.955. The number of rotatable bonds is 41. The van der Waals surface area contributed by atoms with Gasteiger partial charge in [-0.05, 0) is 12.8 Å². The fourth-order valence-corrected chi connectivity index (χ4v) is 6.79. The zero-order valence-electron chi connectivity index (χ0n) is 33.2. The molecule has 0 aromatic rings. The molecule has 5 heteroatoms. The van der Waals surface area contributed by atoms with E-state index in [1.54, 1.807) is 0 Å². The van der Waals surface area contributed by atoms with Crippen molar-refractivity contribution in [2.75, 3.05) is 13.2 Å². The Morgan fingerprint density at radius 1 is 0.388 bits per heavy atom. The Balaban J connectivity index is 3.42. The van der Waals surface area contributed by atoms with Gasteiger partial charge in [0.05, 0.1) is 6.61 Å². The maximum atomic E-state index is 12.1. The van der Waals surface area contributed by atoms with Crippen LogP contribution in [0.3, 0.4) is 0 Å². The first-order valence-corrected chi connectivity index (χ1v) is 22.1. The van der Waals surface area contributed by atoms with E-state index in [1.807, 2.05) is 0 Å². The first-order valence-electron chi connectivity index (χ1n) is 22.1. The van der Waals surface area contributed by atoms with Crippen molar-refractivity contribution in [1.82, 2.24) is 0 Å². The summed E-state index contributed by atoms with van der Waals surface area (Å²) in [6.07, 6.45) is 46.1. The first-order chi connectivity index (χ1) is 24.1. The van der Waals surface area contributed by atoms with Crippen molar-refractivity contribution in [2.45, 2.75) is 258 Å². The van der Waals surface area contributed by atoms with Gasteiger partial charge in [0.25, 0.3) is 0 Å². The zero-order chi connectivity index (χ0) is 35.7. The maximum Gasteiger partial charge on any atom is 0.306 e. The average molecular weight is 695 g/mol. The minimum Gasteiger partial charge on any atom is -0.462 e. The summed E-state index contributed by atoms with van der Waals surface area (Å²) in [5, 5.41) is 9.56. The molecule has 0 spiro atoms. The number of carbonyl (C=O) groups excluding carboxylic acids is 2. The van der Waals surface area contributed by atoms with E-state index in [0.717, 1.165) is 32.1 Å². The molecule has 0 aromatic heterocycles. The largest absolute Gasteiger partial charge is 0.462 e. The summed E-state index contributed by atoms with van der Waals surface area (Å²) in [6.45, 7) is 4.17. The SMILES string of the molecule is CCCCCCCCCCCCCCCCCCCCCCCCCC(=O)OC[C@H](CO)OC(=O)CCCCCCCCCCCCCC. The number of unbranched alkanes of at least 4 members (excludes halogenated alkanes) is 33. The lowest BCUT2D eigenvalue weighted by molar-refractivity contribution is -0.161. The lowest BCUT2D eigenvalue weighted by Gasteiger charge is -2.15. The van der Waals surface area contributed by atoms with Crippen LogP contribution in [-0.4, -0.2) is 36.4 Å². The molecular formula is C44H86O5. The molecule has 0 saturated carbocycles. The van der Waals surface area contributed by atoms with Gasteiger partial charge in [0.1, 0.15) is 6.61 Å². The van der Waals surface area contributed by atoms with Crippen LogP contribution in [0, 0.1) is 0 Å². The number of aliphatic hydroxyl groups excluding tert-OH is 1. The molecule has 1 N–H and O–H groups in total. The number of hydrogen-bond acceptors (Lipinski definition) is 5. The molecule has 0 amide bonds. The molecule has 0 aliphatic carbocycles. The summed E-state index contributed by atoms with van der Waals surface area (Å²) in [5.41, 5.74) is 0. The van der Waals surface area contributed by atoms with Crippen molar-refractivity contribution in [3.05, 3.63) is 0 Å². The van der Waals surface area contributed by atoms with Crippen molar-refractivity contribution in [3.8, 4) is 0 Å². The lowest BCUT2D eigenvalue weighted by Crippen LogP contribution is -2.28. The van der Waals surface area contributed by atoms with Crippen molar-refractivity contribution >= 4 is 11.9 Å². The Bertz CT molecular complexity index is 666. The number of carbonyl (C=O) groups is 2. The predicted molar refractivity (Wildman–Crippen MR) is 210 cm³/mol. The van der Waals surface area contributed by atoms with Gasteiger partial charge in [-0.1, -0.05) is 226 Å². The van der Waals surface area contributed by atoms with Crippen molar-refractivity contribution in [2.24, 2.45) is 0 Å². The second-order valence-electron chi connectivity index (χ2n) is 15.1. The molecule has 5 nitrogen and oxygen atoms in total. The smallest absolute Gasteiger partial charge is 0.306 e. The van der Waals surface area contributed by atoms with E-state index in [1.165, 1.54) is 193 Å². The quantitative estimate of drug-likeness (QED) is 0.0509. The van der Waals surface area contributed by atoms with Gasteiger partial charge in [0, 0.05) is 12.8 Å². The minimum atomic E-state index is -0.761. The van der Waals surface area contributed by atoms with Crippen LogP contribution in [0.5, 0.6) is 0 Å². The lowest BCUT2D eigenvalue weighted by atomic mass is 10.0. The standard InChI is InChI=1S/C44H86O5/c1-3-5-7-9-11-13-15-17-18-19-20-21-22-23-24-25-26-27-29-30-32-34-36-38-43(46)48-41-42(40-45)49-44(47)39-37-35-33-31-28-16-14-12-10-8-6-4-2/h42,45H,3-41H2,1-2H3/t42-/m0/s1. The third kappa shape index (κ3) is 39.5. The van der Waals surface area contributed by atoms with Gasteiger partial charge in [-0.3, -0.25) is 9.59 Å². The second-order valence-corrected chi connectivity index (χ2v) is 15.1. The van der Waals surface area contributed by atoms with Crippen molar-refractivity contribution < 1.29 is 24.2 Å². The van der Waals surface area contributed by atoms with Gasteiger partial charge in [0.15, 0.2) is 6.10 Å². The van der Waals surface area contributed by atoms with Crippen LogP contribution in [0.1, 0.15) is 251 Å². The molecule has 0 fully saturated rings. The average Bonchev–Trinajstić information content (AvgIpc) is 3.10. The third-order valence-corrected chi connectivity index (χ3v) is 10.2. The highest BCUT2D eigenvalue weighted by Crippen LogP contribution is 2.16. The van der Waals surface area contributed by atoms with E-state index in [4.69, 9.17) is 9.47 Å². The van der Waals surface area contributed by atoms with E-state index in [-0.39, 0.29) is 25.2 Å². The van der Waals surface area contributed by atoms with Crippen molar-refractivity contribution in [1.29, 1.82) is 0 Å². The molecule has 0 rings (SSSR count). The van der Waals surface area contributed by atoms with Gasteiger partial charge in [-0.15, -0.1) is 0 Å². The predicted octanol–water partition coefficient (Wildman–Crippen LogP) is 13.9. The molecule has 0 radical (unpaired) electrons. The highest BCUT2D eigenvalue weighted by Gasteiger charge is 2.16. The highest BCUT2D eigenvalue weighted by molar-refractivity contribution is 5.70.